The van der Waals surface area contributed by atoms with Crippen LogP contribution in [0.1, 0.15) is 18.4 Å². The van der Waals surface area contributed by atoms with Gasteiger partial charge in [-0.1, -0.05) is 0 Å². The van der Waals surface area contributed by atoms with Crippen molar-refractivity contribution in [3.8, 4) is 5.75 Å². The van der Waals surface area contributed by atoms with Gasteiger partial charge in [0.1, 0.15) is 26.9 Å². The van der Waals surface area contributed by atoms with E-state index in [4.69, 9.17) is 33.5 Å². The molecule has 4 rings (SSSR count). The molecule has 1 aromatic heterocycles. The molecule has 4 aromatic rings. The molecule has 0 atom stereocenters. The van der Waals surface area contributed by atoms with E-state index in [1.54, 1.807) is 0 Å². The van der Waals surface area contributed by atoms with Gasteiger partial charge in [0.15, 0.2) is 25.4 Å². The molecule has 0 spiro atoms. The second-order valence-corrected chi connectivity index (χ2v) is 23.7. The molecule has 0 unspecified atom stereocenters. The van der Waals surface area contributed by atoms with Gasteiger partial charge in [-0.25, -0.2) is 25.8 Å². The first-order chi connectivity index (χ1) is 31.2. The third-order valence-corrected chi connectivity index (χ3v) is 15.4. The van der Waals surface area contributed by atoms with Crippen molar-refractivity contribution in [3.05, 3.63) is 53.3 Å². The van der Waals surface area contributed by atoms with Gasteiger partial charge in [0.25, 0.3) is 30.4 Å². The number of nitrogens with zero attached hydrogens (tertiary/aromatic N) is 5. The average Bonchev–Trinajstić information content (AvgIpc) is 3.16. The summed E-state index contributed by atoms with van der Waals surface area (Å²) in [6, 6.07) is 4.05. The lowest BCUT2D eigenvalue weighted by atomic mass is 10.1. The number of carbonyl (C=O) groups excluding carboxylic acids is 2. The average molecular weight is 1110 g/mol. The number of rotatable bonds is 23. The second-order valence-electron chi connectivity index (χ2n) is 13.3. The molecule has 68 heavy (non-hydrogen) atoms. The number of carbonyl (C=O) groups is 2. The highest BCUT2D eigenvalue weighted by atomic mass is 35.5. The van der Waals surface area contributed by atoms with Crippen LogP contribution in [0.2, 0.25) is 5.28 Å². The van der Waals surface area contributed by atoms with Gasteiger partial charge >= 0.3 is 16.4 Å². The van der Waals surface area contributed by atoms with Crippen LogP contribution in [0.15, 0.2) is 72.3 Å². The Balaban J connectivity index is 1.70. The van der Waals surface area contributed by atoms with Crippen molar-refractivity contribution in [1.29, 1.82) is 0 Å². The molecular weight excluding hydrogens is 1080 g/mol. The largest absolute Gasteiger partial charge is 0.504 e. The van der Waals surface area contributed by atoms with Crippen LogP contribution in [0, 0.1) is 0 Å². The number of anilines is 5. The molecule has 0 bridgehead atoms. The summed E-state index contributed by atoms with van der Waals surface area (Å²) in [4.78, 5) is 31.8. The summed E-state index contributed by atoms with van der Waals surface area (Å²) >= 11 is 11.5. The minimum atomic E-state index is -5.37. The van der Waals surface area contributed by atoms with Crippen molar-refractivity contribution in [2.45, 2.75) is 38.8 Å². The Bertz CT molecular complexity index is 3380. The van der Waals surface area contributed by atoms with Gasteiger partial charge in [0.2, 0.25) is 17.2 Å². The Hall–Kier alpha value is -5.31. The van der Waals surface area contributed by atoms with E-state index in [-0.39, 0.29) is 35.1 Å². The molecule has 3 aromatic carbocycles. The van der Waals surface area contributed by atoms with Gasteiger partial charge in [-0.05, 0) is 66.0 Å². The summed E-state index contributed by atoms with van der Waals surface area (Å²) in [5, 5.41) is 24.6. The van der Waals surface area contributed by atoms with Crippen LogP contribution in [-0.4, -0.2) is 130 Å². The number of sulfone groups is 2. The van der Waals surface area contributed by atoms with E-state index in [2.05, 4.69) is 45.3 Å². The lowest BCUT2D eigenvalue weighted by molar-refractivity contribution is -0.118. The molecule has 0 saturated heterocycles. The molecule has 1 heterocycles. The predicted molar refractivity (Wildman–Crippen MR) is 236 cm³/mol. The van der Waals surface area contributed by atoms with Crippen molar-refractivity contribution in [3.63, 3.8) is 0 Å². The van der Waals surface area contributed by atoms with Crippen molar-refractivity contribution < 1.29 is 87.6 Å². The number of azo groups is 1. The lowest BCUT2D eigenvalue weighted by Crippen LogP contribution is -2.19. The van der Waals surface area contributed by atoms with E-state index in [9.17, 15) is 78.9 Å². The van der Waals surface area contributed by atoms with Crippen molar-refractivity contribution in [2.75, 3.05) is 45.7 Å². The maximum absolute atomic E-state index is 12.9. The number of aromatic nitrogens is 3. The molecule has 0 radical (unpaired) electrons. The number of urea groups is 1. The number of nitrogens with one attached hydrogen (secondary N) is 3. The molecule has 0 fully saturated rings. The number of benzene rings is 3. The number of ketones is 1. The number of Topliss-reactive ketones (excluding diaryl/α,β-unsaturated/α-hetero) is 1. The number of hydrogen-bond donors (Lipinski definition) is 9. The van der Waals surface area contributed by atoms with Crippen LogP contribution < -0.4 is 21.7 Å². The number of aromatic hydroxyl groups is 1. The van der Waals surface area contributed by atoms with Gasteiger partial charge in [-0.2, -0.15) is 48.6 Å². The minimum absolute atomic E-state index is 0.0596. The maximum Gasteiger partial charge on any atom is 0.397 e. The Morgan fingerprint density at radius 3 is 1.88 bits per heavy atom. The molecule has 37 heteroatoms. The molecule has 0 aliphatic carbocycles. The summed E-state index contributed by atoms with van der Waals surface area (Å²) in [6.45, 7) is -1.15. The van der Waals surface area contributed by atoms with Crippen LogP contribution in [0.4, 0.5) is 45.1 Å². The number of hydrogen-bond acceptors (Lipinski definition) is 23. The molecular formula is C31H33Cl2N9O20S6. The fourth-order valence-electron chi connectivity index (χ4n) is 5.44. The Kier molecular flexibility index (Phi) is 17.5. The third-order valence-electron chi connectivity index (χ3n) is 8.29. The number of phenolic OH excluding ortho intramolecular Hbond substituents is 1. The van der Waals surface area contributed by atoms with Crippen molar-refractivity contribution in [1.82, 2.24) is 15.0 Å². The standard InChI is InChI=1S/C31H33Cl2N9O20S6/c32-5-8-63(46,47)7-1-2-18(43)10-16-11-25(66(53,54)55)22(15-24(16)65(50,51)52)42-41-20-4-3-17(12-21(20)36-29(34)45)35-30-38-28(33)39-31(40-30)37-23-13-19(14-26(27(23)44)67(56,57)58)64(48,49)9-6-62-68(59,60)61/h3-4,11-15,44H,1-2,5-10H2,(H3,34,36,45)(H,50,51,52)(H,53,54,55)(H,56,57,58)(H,59,60,61)(H2,35,37,38,39,40). The Morgan fingerprint density at radius 1 is 0.706 bits per heavy atom. The number of halogens is 2. The van der Waals surface area contributed by atoms with Gasteiger partial charge in [-0.3, -0.25) is 23.0 Å². The normalized spacial score (nSPS) is 12.8. The van der Waals surface area contributed by atoms with Crippen LogP contribution in [0.25, 0.3) is 0 Å². The van der Waals surface area contributed by atoms with E-state index in [1.165, 1.54) is 6.07 Å². The van der Waals surface area contributed by atoms with Gasteiger partial charge in [-0.15, -0.1) is 21.8 Å². The van der Waals surface area contributed by atoms with Crippen LogP contribution in [0.3, 0.4) is 0 Å². The van der Waals surface area contributed by atoms with E-state index >= 15 is 0 Å². The van der Waals surface area contributed by atoms with E-state index in [1.807, 2.05) is 0 Å². The number of alkyl halides is 1. The minimum Gasteiger partial charge on any atom is -0.504 e. The zero-order valence-electron chi connectivity index (χ0n) is 33.6. The number of amides is 2. The zero-order valence-corrected chi connectivity index (χ0v) is 40.0. The number of nitrogens with two attached hydrogens (primary N) is 1. The monoisotopic (exact) mass is 1110 g/mol. The molecule has 0 aliphatic heterocycles. The number of phenols is 1. The molecule has 0 aliphatic rings. The summed E-state index contributed by atoms with van der Waals surface area (Å²) in [7, 11) is -29.3. The first kappa shape index (κ1) is 55.3. The lowest BCUT2D eigenvalue weighted by Gasteiger charge is -2.14. The Labute approximate surface area is 395 Å². The highest BCUT2D eigenvalue weighted by Crippen LogP contribution is 2.38. The third kappa shape index (κ3) is 16.2. The van der Waals surface area contributed by atoms with Crippen molar-refractivity contribution in [2.24, 2.45) is 16.0 Å². The quantitative estimate of drug-likeness (QED) is 0.0223. The fourth-order valence-corrected chi connectivity index (χ4v) is 10.9. The molecule has 10 N–H and O–H groups in total. The second kappa shape index (κ2) is 21.5. The maximum atomic E-state index is 12.9. The van der Waals surface area contributed by atoms with E-state index in [0.717, 1.165) is 12.1 Å². The van der Waals surface area contributed by atoms with Crippen LogP contribution in [-0.2, 0) is 75.8 Å². The highest BCUT2D eigenvalue weighted by molar-refractivity contribution is 7.92. The zero-order chi connectivity index (χ0) is 51.2. The topological polar surface area (TPSA) is 475 Å². The summed E-state index contributed by atoms with van der Waals surface area (Å²) in [5.41, 5.74) is 2.22. The van der Waals surface area contributed by atoms with Crippen LogP contribution >= 0.6 is 23.2 Å². The highest BCUT2D eigenvalue weighted by Gasteiger charge is 2.28. The SMILES string of the molecule is NC(=O)Nc1cc(Nc2nc(Cl)nc(Nc3cc(S(=O)(=O)CCOS(=O)(=O)O)cc(S(=O)(=O)O)c3O)n2)ccc1N=Nc1cc(S(=O)(=O)O)c(CC(=O)CCCS(=O)(=O)CCCl)cc1S(=O)(=O)O. The number of primary amides is 1. The molecule has 0 saturated carbocycles. The van der Waals surface area contributed by atoms with Crippen LogP contribution in [0.5, 0.6) is 5.75 Å². The van der Waals surface area contributed by atoms with Gasteiger partial charge in [0, 0.05) is 24.4 Å². The van der Waals surface area contributed by atoms with Gasteiger partial charge < -0.3 is 26.8 Å². The van der Waals surface area contributed by atoms with Gasteiger partial charge in [0.05, 0.1) is 45.0 Å². The van der Waals surface area contributed by atoms with Crippen molar-refractivity contribution >= 4 is 136 Å². The summed E-state index contributed by atoms with van der Waals surface area (Å²) in [6.07, 6.45) is -1.49. The Morgan fingerprint density at radius 2 is 1.31 bits per heavy atom. The summed E-state index contributed by atoms with van der Waals surface area (Å²) in [5.74, 6) is -5.36. The fraction of sp³-hybridized carbons (Fsp3) is 0.258. The molecule has 29 nitrogen and oxygen atoms in total. The first-order valence-corrected chi connectivity index (χ1v) is 27.9. The predicted octanol–water partition coefficient (Wildman–Crippen LogP) is 2.50. The first-order valence-electron chi connectivity index (χ1n) is 17.8. The van der Waals surface area contributed by atoms with E-state index in [0.29, 0.717) is 24.3 Å². The molecule has 2 amide bonds. The molecule has 372 valence electrons. The smallest absolute Gasteiger partial charge is 0.397 e. The van der Waals surface area contributed by atoms with E-state index < -0.39 is 163 Å². The summed E-state index contributed by atoms with van der Waals surface area (Å²) < 4.78 is 188.